The molecular formula is C12H19NO2Si. The molecule has 0 aromatic heterocycles. The fourth-order valence-corrected chi connectivity index (χ4v) is 2.39. The predicted molar refractivity (Wildman–Crippen MR) is 69.7 cm³/mol. The highest BCUT2D eigenvalue weighted by Crippen LogP contribution is 2.13. The summed E-state index contributed by atoms with van der Waals surface area (Å²) in [6, 6.07) is 7.98. The van der Waals surface area contributed by atoms with E-state index in [0.717, 1.165) is 18.0 Å². The molecule has 0 aliphatic rings. The van der Waals surface area contributed by atoms with Crippen LogP contribution >= 0.6 is 0 Å². The Morgan fingerprint density at radius 2 is 2.00 bits per heavy atom. The lowest BCUT2D eigenvalue weighted by atomic mass is 10.2. The van der Waals surface area contributed by atoms with E-state index in [-0.39, 0.29) is 5.75 Å². The number of hydrogen-bond donors (Lipinski definition) is 2. The molecule has 1 rings (SSSR count). The largest absolute Gasteiger partial charge is 0.507 e. The van der Waals surface area contributed by atoms with Gasteiger partial charge in [0.15, 0.2) is 8.32 Å². The molecular weight excluding hydrogens is 218 g/mol. The first-order valence-electron chi connectivity index (χ1n) is 5.49. The first-order valence-corrected chi connectivity index (χ1v) is 8.65. The highest BCUT2D eigenvalue weighted by atomic mass is 28.4. The normalized spacial score (nSPS) is 12.2. The van der Waals surface area contributed by atoms with Crippen molar-refractivity contribution in [2.75, 3.05) is 6.54 Å². The standard InChI is InChI=1S/C12H19NO2Si/c1-16(2,15)9-5-8-13-10-11-6-3-4-7-12(11)14/h3-4,6-7,10,14-15H,5,8-9H2,1-2H3. The summed E-state index contributed by atoms with van der Waals surface area (Å²) in [6.45, 7) is 4.56. The van der Waals surface area contributed by atoms with Crippen LogP contribution in [0.5, 0.6) is 5.75 Å². The third-order valence-electron chi connectivity index (χ3n) is 2.24. The third kappa shape index (κ3) is 5.09. The number of phenolic OH excluding ortho intramolecular Hbond substituents is 1. The van der Waals surface area contributed by atoms with Crippen LogP contribution in [0.3, 0.4) is 0 Å². The molecule has 0 amide bonds. The van der Waals surface area contributed by atoms with E-state index in [4.69, 9.17) is 0 Å². The van der Waals surface area contributed by atoms with Gasteiger partial charge in [0.25, 0.3) is 0 Å². The van der Waals surface area contributed by atoms with Gasteiger partial charge in [0.1, 0.15) is 5.75 Å². The molecule has 0 aliphatic carbocycles. The average molecular weight is 237 g/mol. The minimum absolute atomic E-state index is 0.253. The monoisotopic (exact) mass is 237 g/mol. The lowest BCUT2D eigenvalue weighted by Crippen LogP contribution is -2.24. The van der Waals surface area contributed by atoms with E-state index in [2.05, 4.69) is 4.99 Å². The van der Waals surface area contributed by atoms with E-state index < -0.39 is 8.32 Å². The molecule has 0 bridgehead atoms. The van der Waals surface area contributed by atoms with Crippen molar-refractivity contribution < 1.29 is 9.90 Å². The Morgan fingerprint density at radius 3 is 2.62 bits per heavy atom. The minimum Gasteiger partial charge on any atom is -0.507 e. The SMILES string of the molecule is C[Si](C)(O)CCCN=Cc1ccccc1O. The second-order valence-electron chi connectivity index (χ2n) is 4.51. The van der Waals surface area contributed by atoms with Gasteiger partial charge in [-0.3, -0.25) is 4.99 Å². The number of nitrogens with zero attached hydrogens (tertiary/aromatic N) is 1. The Morgan fingerprint density at radius 1 is 1.31 bits per heavy atom. The molecule has 88 valence electrons. The number of aliphatic imine (C=N–C) groups is 1. The van der Waals surface area contributed by atoms with Crippen LogP contribution in [0.15, 0.2) is 29.3 Å². The molecule has 0 unspecified atom stereocenters. The Kier molecular flexibility index (Phi) is 4.70. The maximum atomic E-state index is 9.63. The van der Waals surface area contributed by atoms with Gasteiger partial charge in [-0.2, -0.15) is 0 Å². The van der Waals surface area contributed by atoms with Crippen LogP contribution < -0.4 is 0 Å². The molecule has 2 N–H and O–H groups in total. The number of rotatable bonds is 5. The van der Waals surface area contributed by atoms with Gasteiger partial charge >= 0.3 is 0 Å². The maximum Gasteiger partial charge on any atom is 0.182 e. The lowest BCUT2D eigenvalue weighted by molar-refractivity contribution is 0.474. The van der Waals surface area contributed by atoms with Crippen molar-refractivity contribution in [1.82, 2.24) is 0 Å². The molecule has 3 nitrogen and oxygen atoms in total. The summed E-state index contributed by atoms with van der Waals surface area (Å²) in [5.74, 6) is 0.253. The molecule has 0 spiro atoms. The quantitative estimate of drug-likeness (QED) is 0.469. The van der Waals surface area contributed by atoms with Crippen molar-refractivity contribution in [3.8, 4) is 5.75 Å². The van der Waals surface area contributed by atoms with E-state index >= 15 is 0 Å². The zero-order chi connectivity index (χ0) is 12.0. The first kappa shape index (κ1) is 12.9. The van der Waals surface area contributed by atoms with Crippen LogP contribution in [0.2, 0.25) is 19.1 Å². The smallest absolute Gasteiger partial charge is 0.182 e. The van der Waals surface area contributed by atoms with Crippen molar-refractivity contribution in [3.63, 3.8) is 0 Å². The summed E-state index contributed by atoms with van der Waals surface area (Å²) in [6.07, 6.45) is 2.58. The molecule has 0 heterocycles. The number of aromatic hydroxyl groups is 1. The second kappa shape index (κ2) is 5.82. The Labute approximate surface area is 97.6 Å². The van der Waals surface area contributed by atoms with E-state index in [1.165, 1.54) is 0 Å². The molecule has 1 aromatic carbocycles. The highest BCUT2D eigenvalue weighted by molar-refractivity contribution is 6.69. The average Bonchev–Trinajstić information content (AvgIpc) is 2.18. The van der Waals surface area contributed by atoms with Crippen LogP contribution in [0.25, 0.3) is 0 Å². The molecule has 0 aliphatic heterocycles. The topological polar surface area (TPSA) is 52.8 Å². The Balaban J connectivity index is 2.36. The zero-order valence-electron chi connectivity index (χ0n) is 9.85. The Hall–Kier alpha value is -1.13. The summed E-state index contributed by atoms with van der Waals surface area (Å²) in [4.78, 5) is 13.9. The van der Waals surface area contributed by atoms with Gasteiger partial charge in [0.2, 0.25) is 0 Å². The molecule has 16 heavy (non-hydrogen) atoms. The molecule has 0 radical (unpaired) electrons. The summed E-state index contributed by atoms with van der Waals surface area (Å²) < 4.78 is 0. The van der Waals surface area contributed by atoms with Crippen LogP contribution in [-0.4, -0.2) is 31.0 Å². The van der Waals surface area contributed by atoms with Gasteiger partial charge in [0, 0.05) is 18.3 Å². The van der Waals surface area contributed by atoms with E-state index in [1.54, 1.807) is 18.3 Å². The van der Waals surface area contributed by atoms with Crippen molar-refractivity contribution in [3.05, 3.63) is 29.8 Å². The van der Waals surface area contributed by atoms with Gasteiger partial charge < -0.3 is 9.90 Å². The fourth-order valence-electron chi connectivity index (χ4n) is 1.36. The molecule has 0 atom stereocenters. The summed E-state index contributed by atoms with van der Waals surface area (Å²) >= 11 is 0. The van der Waals surface area contributed by atoms with Gasteiger partial charge in [-0.15, -0.1) is 0 Å². The van der Waals surface area contributed by atoms with Crippen LogP contribution in [0.1, 0.15) is 12.0 Å². The molecule has 0 saturated carbocycles. The van der Waals surface area contributed by atoms with Crippen molar-refractivity contribution >= 4 is 14.5 Å². The van der Waals surface area contributed by atoms with Crippen molar-refractivity contribution in [1.29, 1.82) is 0 Å². The number of phenols is 1. The van der Waals surface area contributed by atoms with Gasteiger partial charge in [-0.1, -0.05) is 12.1 Å². The molecule has 1 aromatic rings. The van der Waals surface area contributed by atoms with Crippen molar-refractivity contribution in [2.24, 2.45) is 4.99 Å². The van der Waals surface area contributed by atoms with Crippen molar-refractivity contribution in [2.45, 2.75) is 25.6 Å². The maximum absolute atomic E-state index is 9.63. The van der Waals surface area contributed by atoms with Gasteiger partial charge in [-0.25, -0.2) is 0 Å². The summed E-state index contributed by atoms with van der Waals surface area (Å²) in [7, 11) is -1.92. The minimum atomic E-state index is -1.92. The van der Waals surface area contributed by atoms with Gasteiger partial charge in [0.05, 0.1) is 0 Å². The molecule has 0 saturated heterocycles. The predicted octanol–water partition coefficient (Wildman–Crippen LogP) is 2.40. The Bertz CT molecular complexity index is 358. The number of para-hydroxylation sites is 1. The molecule has 4 heteroatoms. The lowest BCUT2D eigenvalue weighted by Gasteiger charge is -2.11. The van der Waals surface area contributed by atoms with E-state index in [0.29, 0.717) is 6.54 Å². The van der Waals surface area contributed by atoms with Crippen LogP contribution in [0.4, 0.5) is 0 Å². The second-order valence-corrected chi connectivity index (χ2v) is 8.63. The summed E-state index contributed by atoms with van der Waals surface area (Å²) in [5, 5.41) is 9.47. The first-order chi connectivity index (χ1) is 7.49. The van der Waals surface area contributed by atoms with E-state index in [1.807, 2.05) is 25.2 Å². The fraction of sp³-hybridized carbons (Fsp3) is 0.417. The molecule has 0 fully saturated rings. The highest BCUT2D eigenvalue weighted by Gasteiger charge is 2.14. The van der Waals surface area contributed by atoms with Gasteiger partial charge in [-0.05, 0) is 37.7 Å². The third-order valence-corrected chi connectivity index (χ3v) is 3.82. The summed E-state index contributed by atoms with van der Waals surface area (Å²) in [5.41, 5.74) is 0.739. The number of benzene rings is 1. The van der Waals surface area contributed by atoms with E-state index in [9.17, 15) is 9.90 Å². The zero-order valence-corrected chi connectivity index (χ0v) is 10.8. The number of hydrogen-bond acceptors (Lipinski definition) is 3. The van der Waals surface area contributed by atoms with Crippen LogP contribution in [0, 0.1) is 0 Å². The van der Waals surface area contributed by atoms with Crippen LogP contribution in [-0.2, 0) is 0 Å².